The first-order chi connectivity index (χ1) is 5.59. The second kappa shape index (κ2) is 3.34. The Balaban J connectivity index is 2.90. The van der Waals surface area contributed by atoms with Crippen molar-refractivity contribution in [1.29, 1.82) is 0 Å². The molecule has 0 spiro atoms. The third kappa shape index (κ3) is 2.05. The Morgan fingerprint density at radius 3 is 2.83 bits per heavy atom. The van der Waals surface area contributed by atoms with E-state index in [9.17, 15) is 8.78 Å². The van der Waals surface area contributed by atoms with Gasteiger partial charge in [0.2, 0.25) is 0 Å². The summed E-state index contributed by atoms with van der Waals surface area (Å²) in [6.07, 6.45) is 1.38. The zero-order valence-electron chi connectivity index (χ0n) is 6.42. The van der Waals surface area contributed by atoms with Gasteiger partial charge >= 0.3 is 6.61 Å². The largest absolute Gasteiger partial charge is 0.433 e. The van der Waals surface area contributed by atoms with E-state index in [1.807, 2.05) is 0 Å². The summed E-state index contributed by atoms with van der Waals surface area (Å²) in [5.74, 6) is 0.0185. The molecule has 0 unspecified atom stereocenters. The van der Waals surface area contributed by atoms with Crippen LogP contribution < -0.4 is 10.5 Å². The number of hydrogen-bond acceptors (Lipinski definition) is 3. The molecular weight excluding hydrogens is 166 g/mol. The topological polar surface area (TPSA) is 48.1 Å². The molecule has 0 aliphatic heterocycles. The Bertz CT molecular complexity index is 278. The van der Waals surface area contributed by atoms with Gasteiger partial charge < -0.3 is 10.5 Å². The van der Waals surface area contributed by atoms with E-state index < -0.39 is 6.61 Å². The first-order valence-corrected chi connectivity index (χ1v) is 3.26. The summed E-state index contributed by atoms with van der Waals surface area (Å²) in [6.45, 7) is -1.27. The van der Waals surface area contributed by atoms with Gasteiger partial charge in [-0.05, 0) is 6.92 Å². The fraction of sp³-hybridized carbons (Fsp3) is 0.286. The van der Waals surface area contributed by atoms with Gasteiger partial charge in [-0.2, -0.15) is 8.78 Å². The van der Waals surface area contributed by atoms with Gasteiger partial charge in [-0.3, -0.25) is 4.98 Å². The van der Waals surface area contributed by atoms with E-state index in [0.29, 0.717) is 11.4 Å². The second-order valence-electron chi connectivity index (χ2n) is 2.23. The summed E-state index contributed by atoms with van der Waals surface area (Å²) in [5.41, 5.74) is 6.01. The summed E-state index contributed by atoms with van der Waals surface area (Å²) in [7, 11) is 0. The van der Waals surface area contributed by atoms with Crippen molar-refractivity contribution in [2.24, 2.45) is 0 Å². The SMILES string of the molecule is Cc1ncc(N)cc1OC(F)F. The van der Waals surface area contributed by atoms with Crippen molar-refractivity contribution in [3.05, 3.63) is 18.0 Å². The zero-order chi connectivity index (χ0) is 9.14. The minimum Gasteiger partial charge on any atom is -0.433 e. The number of nitrogen functional groups attached to an aromatic ring is 1. The number of ether oxygens (including phenoxy) is 1. The van der Waals surface area contributed by atoms with E-state index in [2.05, 4.69) is 9.72 Å². The van der Waals surface area contributed by atoms with Crippen LogP contribution in [-0.4, -0.2) is 11.6 Å². The fourth-order valence-corrected chi connectivity index (χ4v) is 0.743. The van der Waals surface area contributed by atoms with Crippen LogP contribution in [0.25, 0.3) is 0 Å². The highest BCUT2D eigenvalue weighted by Gasteiger charge is 2.07. The van der Waals surface area contributed by atoms with Crippen LogP contribution in [0.4, 0.5) is 14.5 Å². The van der Waals surface area contributed by atoms with Gasteiger partial charge in [-0.25, -0.2) is 0 Å². The number of rotatable bonds is 2. The molecule has 1 heterocycles. The molecule has 0 bridgehead atoms. The van der Waals surface area contributed by atoms with Gasteiger partial charge in [-0.15, -0.1) is 0 Å². The third-order valence-corrected chi connectivity index (χ3v) is 1.28. The number of aryl methyl sites for hydroxylation is 1. The number of nitrogens with two attached hydrogens (primary N) is 1. The van der Waals surface area contributed by atoms with Gasteiger partial charge in [0.25, 0.3) is 0 Å². The van der Waals surface area contributed by atoms with Crippen molar-refractivity contribution in [3.8, 4) is 5.75 Å². The Morgan fingerprint density at radius 1 is 1.58 bits per heavy atom. The fourth-order valence-electron chi connectivity index (χ4n) is 0.743. The number of hydrogen-bond donors (Lipinski definition) is 1. The molecule has 12 heavy (non-hydrogen) atoms. The average Bonchev–Trinajstić information content (AvgIpc) is 1.96. The molecule has 0 amide bonds. The monoisotopic (exact) mass is 174 g/mol. The van der Waals surface area contributed by atoms with Gasteiger partial charge in [-0.1, -0.05) is 0 Å². The molecule has 1 aromatic heterocycles. The highest BCUT2D eigenvalue weighted by atomic mass is 19.3. The van der Waals surface area contributed by atoms with E-state index in [1.165, 1.54) is 12.3 Å². The molecule has 0 atom stereocenters. The maximum absolute atomic E-state index is 11.7. The van der Waals surface area contributed by atoms with Crippen molar-refractivity contribution in [2.45, 2.75) is 13.5 Å². The zero-order valence-corrected chi connectivity index (χ0v) is 6.42. The minimum atomic E-state index is -2.84. The van der Waals surface area contributed by atoms with E-state index in [-0.39, 0.29) is 5.75 Å². The lowest BCUT2D eigenvalue weighted by Gasteiger charge is -2.06. The van der Waals surface area contributed by atoms with Gasteiger partial charge in [0, 0.05) is 6.07 Å². The number of anilines is 1. The minimum absolute atomic E-state index is 0.0185. The smallest absolute Gasteiger partial charge is 0.387 e. The highest BCUT2D eigenvalue weighted by Crippen LogP contribution is 2.19. The Hall–Kier alpha value is -1.39. The molecule has 0 fully saturated rings. The van der Waals surface area contributed by atoms with Crippen LogP contribution in [-0.2, 0) is 0 Å². The number of alkyl halides is 2. The lowest BCUT2D eigenvalue weighted by molar-refractivity contribution is -0.0505. The summed E-state index contributed by atoms with van der Waals surface area (Å²) in [6, 6.07) is 1.31. The van der Waals surface area contributed by atoms with Gasteiger partial charge in [0.1, 0.15) is 5.75 Å². The Morgan fingerprint density at radius 2 is 2.25 bits per heavy atom. The molecule has 0 aromatic carbocycles. The molecule has 66 valence electrons. The molecule has 0 aliphatic rings. The van der Waals surface area contributed by atoms with Crippen LogP contribution in [0, 0.1) is 6.92 Å². The van der Waals surface area contributed by atoms with E-state index in [4.69, 9.17) is 5.73 Å². The maximum Gasteiger partial charge on any atom is 0.387 e. The molecule has 3 nitrogen and oxygen atoms in total. The lowest BCUT2D eigenvalue weighted by atomic mass is 10.3. The first kappa shape index (κ1) is 8.70. The quantitative estimate of drug-likeness (QED) is 0.740. The van der Waals surface area contributed by atoms with E-state index >= 15 is 0 Å². The summed E-state index contributed by atoms with van der Waals surface area (Å²) in [5, 5.41) is 0. The predicted molar refractivity (Wildman–Crippen MR) is 40.0 cm³/mol. The molecule has 1 aromatic rings. The van der Waals surface area contributed by atoms with Gasteiger partial charge in [0.15, 0.2) is 0 Å². The molecule has 0 saturated heterocycles. The number of nitrogens with zero attached hydrogens (tertiary/aromatic N) is 1. The number of halogens is 2. The molecular formula is C7H8F2N2O. The Labute approximate surface area is 68.2 Å². The predicted octanol–water partition coefficient (Wildman–Crippen LogP) is 1.57. The van der Waals surface area contributed by atoms with Crippen LogP contribution in [0.3, 0.4) is 0 Å². The summed E-state index contributed by atoms with van der Waals surface area (Å²) in [4.78, 5) is 3.75. The van der Waals surface area contributed by atoms with Gasteiger partial charge in [0.05, 0.1) is 17.6 Å². The molecule has 2 N–H and O–H groups in total. The van der Waals surface area contributed by atoms with Crippen LogP contribution in [0.1, 0.15) is 5.69 Å². The summed E-state index contributed by atoms with van der Waals surface area (Å²) < 4.78 is 27.6. The molecule has 0 radical (unpaired) electrons. The Kier molecular flexibility index (Phi) is 2.42. The standard InChI is InChI=1S/C7H8F2N2O/c1-4-6(12-7(8)9)2-5(10)3-11-4/h2-3,7H,10H2,1H3. The van der Waals surface area contributed by atoms with Crippen LogP contribution >= 0.6 is 0 Å². The summed E-state index contributed by atoms with van der Waals surface area (Å²) >= 11 is 0. The molecule has 5 heteroatoms. The molecule has 0 aliphatic carbocycles. The second-order valence-corrected chi connectivity index (χ2v) is 2.23. The van der Waals surface area contributed by atoms with Crippen molar-refractivity contribution in [1.82, 2.24) is 4.98 Å². The number of pyridine rings is 1. The highest BCUT2D eigenvalue weighted by molar-refractivity contribution is 5.43. The molecule has 1 rings (SSSR count). The van der Waals surface area contributed by atoms with Crippen LogP contribution in [0.15, 0.2) is 12.3 Å². The van der Waals surface area contributed by atoms with Crippen molar-refractivity contribution < 1.29 is 13.5 Å². The average molecular weight is 174 g/mol. The first-order valence-electron chi connectivity index (χ1n) is 3.26. The third-order valence-electron chi connectivity index (χ3n) is 1.28. The maximum atomic E-state index is 11.7. The molecule has 0 saturated carbocycles. The number of aromatic nitrogens is 1. The van der Waals surface area contributed by atoms with E-state index in [1.54, 1.807) is 6.92 Å². The van der Waals surface area contributed by atoms with E-state index in [0.717, 1.165) is 0 Å². The van der Waals surface area contributed by atoms with Crippen molar-refractivity contribution >= 4 is 5.69 Å². The lowest BCUT2D eigenvalue weighted by Crippen LogP contribution is -2.04. The van der Waals surface area contributed by atoms with Crippen LogP contribution in [0.2, 0.25) is 0 Å². The van der Waals surface area contributed by atoms with Crippen molar-refractivity contribution in [2.75, 3.05) is 5.73 Å². The van der Waals surface area contributed by atoms with Crippen LogP contribution in [0.5, 0.6) is 5.75 Å². The van der Waals surface area contributed by atoms with Crippen molar-refractivity contribution in [3.63, 3.8) is 0 Å². The normalized spacial score (nSPS) is 10.3.